The number of carbonyl (C=O) groups is 2. The number of aliphatic carboxylic acids is 1. The molecule has 0 aliphatic carbocycles. The van der Waals surface area contributed by atoms with Crippen molar-refractivity contribution in [3.05, 3.63) is 58.6 Å². The van der Waals surface area contributed by atoms with Gasteiger partial charge in [-0.2, -0.15) is 0 Å². The molecule has 7 heteroatoms. The number of anilines is 1. The molecule has 5 nitrogen and oxygen atoms in total. The van der Waals surface area contributed by atoms with Crippen LogP contribution in [0.5, 0.6) is 5.75 Å². The molecule has 0 fully saturated rings. The molecule has 3 rings (SSSR count). The number of methoxy groups -OCH3 is 1. The summed E-state index contributed by atoms with van der Waals surface area (Å²) in [5.41, 5.74) is 2.35. The van der Waals surface area contributed by atoms with Gasteiger partial charge in [-0.15, -0.1) is 11.8 Å². The highest BCUT2D eigenvalue weighted by molar-refractivity contribution is 8.01. The lowest BCUT2D eigenvalue weighted by molar-refractivity contribution is -0.138. The third kappa shape index (κ3) is 4.93. The highest BCUT2D eigenvalue weighted by atomic mass is 35.5. The molecule has 1 aliphatic rings. The highest BCUT2D eigenvalue weighted by Gasteiger charge is 2.39. The van der Waals surface area contributed by atoms with Crippen molar-refractivity contribution in [2.24, 2.45) is 5.41 Å². The Balaban J connectivity index is 2.23. The molecule has 0 spiro atoms. The van der Waals surface area contributed by atoms with Crippen molar-refractivity contribution in [1.82, 2.24) is 0 Å². The SMILES string of the molecule is COc1ccccc1C1SC(CC(=O)O)C(=O)N(CC(C)(C)C)c2ccc(Cl)cc21. The van der Waals surface area contributed by atoms with Crippen molar-refractivity contribution in [1.29, 1.82) is 0 Å². The molecule has 2 aromatic rings. The van der Waals surface area contributed by atoms with E-state index in [-0.39, 0.29) is 23.0 Å². The average Bonchev–Trinajstić information content (AvgIpc) is 2.77. The van der Waals surface area contributed by atoms with Crippen molar-refractivity contribution < 1.29 is 19.4 Å². The van der Waals surface area contributed by atoms with Gasteiger partial charge >= 0.3 is 5.97 Å². The number of thioether (sulfide) groups is 1. The van der Waals surface area contributed by atoms with Crippen LogP contribution < -0.4 is 9.64 Å². The van der Waals surface area contributed by atoms with Gasteiger partial charge < -0.3 is 14.7 Å². The van der Waals surface area contributed by atoms with E-state index in [1.165, 1.54) is 11.8 Å². The zero-order valence-electron chi connectivity index (χ0n) is 17.5. The second-order valence-corrected chi connectivity index (χ2v) is 10.3. The van der Waals surface area contributed by atoms with Crippen LogP contribution in [0.25, 0.3) is 0 Å². The van der Waals surface area contributed by atoms with Gasteiger partial charge in [0.15, 0.2) is 0 Å². The Hall–Kier alpha value is -2.18. The van der Waals surface area contributed by atoms with Crippen LogP contribution in [0.15, 0.2) is 42.5 Å². The standard InChI is InChI=1S/C23H26ClNO4S/c1-23(2,3)13-25-17-10-9-14(24)11-16(17)21(15-7-5-6-8-18(15)29-4)30-19(22(25)28)12-20(26)27/h5-11,19,21H,12-13H2,1-4H3,(H,26,27). The summed E-state index contributed by atoms with van der Waals surface area (Å²) < 4.78 is 5.57. The molecule has 1 N–H and O–H groups in total. The minimum atomic E-state index is -1.00. The smallest absolute Gasteiger partial charge is 0.305 e. The molecule has 0 saturated heterocycles. The predicted octanol–water partition coefficient (Wildman–Crippen LogP) is 5.41. The second kappa shape index (κ2) is 8.90. The monoisotopic (exact) mass is 447 g/mol. The van der Waals surface area contributed by atoms with Gasteiger partial charge in [0.05, 0.1) is 24.0 Å². The first-order valence-electron chi connectivity index (χ1n) is 9.71. The molecule has 1 aliphatic heterocycles. The first-order valence-corrected chi connectivity index (χ1v) is 11.0. The number of para-hydroxylation sites is 1. The Kier molecular flexibility index (Phi) is 6.68. The van der Waals surface area contributed by atoms with Crippen LogP contribution in [0.4, 0.5) is 5.69 Å². The van der Waals surface area contributed by atoms with E-state index >= 15 is 0 Å². The number of nitrogens with zero attached hydrogens (tertiary/aromatic N) is 1. The Morgan fingerprint density at radius 1 is 1.20 bits per heavy atom. The molecule has 0 saturated carbocycles. The number of amides is 1. The number of benzene rings is 2. The fourth-order valence-electron chi connectivity index (χ4n) is 3.62. The van der Waals surface area contributed by atoms with Gasteiger partial charge in [-0.25, -0.2) is 0 Å². The van der Waals surface area contributed by atoms with Gasteiger partial charge in [-0.1, -0.05) is 50.6 Å². The van der Waals surface area contributed by atoms with Gasteiger partial charge in [0, 0.05) is 22.8 Å². The highest BCUT2D eigenvalue weighted by Crippen LogP contribution is 2.50. The lowest BCUT2D eigenvalue weighted by Crippen LogP contribution is -2.42. The van der Waals surface area contributed by atoms with Crippen molar-refractivity contribution in [2.75, 3.05) is 18.6 Å². The Morgan fingerprint density at radius 2 is 1.90 bits per heavy atom. The number of carboxylic acid groups (broad SMARTS) is 1. The lowest BCUT2D eigenvalue weighted by Gasteiger charge is -2.31. The largest absolute Gasteiger partial charge is 0.496 e. The van der Waals surface area contributed by atoms with E-state index < -0.39 is 11.2 Å². The molecule has 1 amide bonds. The summed E-state index contributed by atoms with van der Waals surface area (Å²) in [5, 5.41) is 9.02. The maximum Gasteiger partial charge on any atom is 0.305 e. The lowest BCUT2D eigenvalue weighted by atomic mass is 9.94. The number of rotatable bonds is 5. The van der Waals surface area contributed by atoms with Crippen LogP contribution in [0, 0.1) is 5.41 Å². The number of carbonyl (C=O) groups excluding carboxylic acids is 1. The van der Waals surface area contributed by atoms with E-state index in [9.17, 15) is 14.7 Å². The van der Waals surface area contributed by atoms with Gasteiger partial charge in [0.1, 0.15) is 5.75 Å². The third-order valence-electron chi connectivity index (χ3n) is 4.82. The maximum atomic E-state index is 13.5. The number of fused-ring (bicyclic) bond motifs is 1. The first kappa shape index (κ1) is 22.5. The number of carboxylic acids is 1. The van der Waals surface area contributed by atoms with Crippen LogP contribution >= 0.6 is 23.4 Å². The van der Waals surface area contributed by atoms with E-state index in [0.29, 0.717) is 17.3 Å². The topological polar surface area (TPSA) is 66.8 Å². The van der Waals surface area contributed by atoms with E-state index in [1.54, 1.807) is 18.1 Å². The molecule has 30 heavy (non-hydrogen) atoms. The van der Waals surface area contributed by atoms with Crippen LogP contribution in [0.3, 0.4) is 0 Å². The van der Waals surface area contributed by atoms with Gasteiger partial charge in [-0.05, 0) is 35.2 Å². The molecule has 2 atom stereocenters. The summed E-state index contributed by atoms with van der Waals surface area (Å²) in [7, 11) is 1.60. The fraction of sp³-hybridized carbons (Fsp3) is 0.391. The predicted molar refractivity (Wildman–Crippen MR) is 122 cm³/mol. The molecule has 0 aromatic heterocycles. The number of hydrogen-bond acceptors (Lipinski definition) is 4. The van der Waals surface area contributed by atoms with Gasteiger partial charge in [0.25, 0.3) is 0 Å². The molecular formula is C23H26ClNO4S. The zero-order chi connectivity index (χ0) is 22.1. The van der Waals surface area contributed by atoms with Crippen molar-refractivity contribution in [2.45, 2.75) is 37.7 Å². The average molecular weight is 448 g/mol. The summed E-state index contributed by atoms with van der Waals surface area (Å²) in [6, 6.07) is 13.1. The van der Waals surface area contributed by atoms with Crippen LogP contribution in [-0.2, 0) is 9.59 Å². The third-order valence-corrected chi connectivity index (χ3v) is 6.53. The van der Waals surface area contributed by atoms with Gasteiger partial charge in [-0.3, -0.25) is 9.59 Å². The summed E-state index contributed by atoms with van der Waals surface area (Å²) >= 11 is 7.70. The van der Waals surface area contributed by atoms with Crippen molar-refractivity contribution in [3.8, 4) is 5.75 Å². The summed E-state index contributed by atoms with van der Waals surface area (Å²) in [6.07, 6.45) is -0.252. The fourth-order valence-corrected chi connectivity index (χ4v) is 5.29. The molecule has 160 valence electrons. The number of halogens is 1. The summed E-state index contributed by atoms with van der Waals surface area (Å²) in [4.78, 5) is 26.8. The number of ether oxygens (including phenoxy) is 1. The summed E-state index contributed by atoms with van der Waals surface area (Å²) in [6.45, 7) is 6.63. The Bertz CT molecular complexity index is 956. The molecule has 0 bridgehead atoms. The van der Waals surface area contributed by atoms with Gasteiger partial charge in [0.2, 0.25) is 5.91 Å². The van der Waals surface area contributed by atoms with Crippen LogP contribution in [-0.4, -0.2) is 35.9 Å². The quantitative estimate of drug-likeness (QED) is 0.664. The minimum Gasteiger partial charge on any atom is -0.496 e. The zero-order valence-corrected chi connectivity index (χ0v) is 19.1. The van der Waals surface area contributed by atoms with E-state index in [4.69, 9.17) is 16.3 Å². The normalized spacial score (nSPS) is 19.2. The van der Waals surface area contributed by atoms with Crippen molar-refractivity contribution in [3.63, 3.8) is 0 Å². The van der Waals surface area contributed by atoms with Crippen LogP contribution in [0.2, 0.25) is 5.02 Å². The Morgan fingerprint density at radius 3 is 2.53 bits per heavy atom. The molecule has 1 heterocycles. The number of hydrogen-bond donors (Lipinski definition) is 1. The van der Waals surface area contributed by atoms with E-state index in [1.807, 2.05) is 36.4 Å². The maximum absolute atomic E-state index is 13.5. The second-order valence-electron chi connectivity index (χ2n) is 8.53. The molecule has 2 aromatic carbocycles. The van der Waals surface area contributed by atoms with E-state index in [0.717, 1.165) is 16.8 Å². The minimum absolute atomic E-state index is 0.171. The van der Waals surface area contributed by atoms with E-state index in [2.05, 4.69) is 20.8 Å². The first-order chi connectivity index (χ1) is 14.1. The van der Waals surface area contributed by atoms with Crippen LogP contribution in [0.1, 0.15) is 43.6 Å². The van der Waals surface area contributed by atoms with Crippen molar-refractivity contribution >= 4 is 40.9 Å². The molecule has 2 unspecified atom stereocenters. The summed E-state index contributed by atoms with van der Waals surface area (Å²) in [5.74, 6) is -0.510. The molecular weight excluding hydrogens is 422 g/mol. The Labute approximate surface area is 186 Å². The molecule has 0 radical (unpaired) electrons.